The van der Waals surface area contributed by atoms with Gasteiger partial charge in [-0.15, -0.1) is 0 Å². The van der Waals surface area contributed by atoms with Crippen molar-refractivity contribution in [3.8, 4) is 0 Å². The lowest BCUT2D eigenvalue weighted by atomic mass is 10.6. The molecule has 0 atom stereocenters. The molecule has 0 unspecified atom stereocenters. The molecule has 0 saturated carbocycles. The standard InChI is InChI=1S/C10H7N9S2/c11-8-16-6-4(7(20)19-8)15-10(18-6)21-9-14-3-1-12-2-13-5(3)17-9/h1-2H,(H,12,13,14,17)(H4,11,15,16,18,19,20). The van der Waals surface area contributed by atoms with E-state index in [0.29, 0.717) is 31.8 Å². The Morgan fingerprint density at radius 2 is 1.86 bits per heavy atom. The highest BCUT2D eigenvalue weighted by atomic mass is 32.2. The van der Waals surface area contributed by atoms with E-state index in [2.05, 4.69) is 39.9 Å². The number of nitrogens with zero attached hydrogens (tertiary/aromatic N) is 5. The van der Waals surface area contributed by atoms with Crippen molar-refractivity contribution in [2.75, 3.05) is 5.73 Å². The number of nitrogens with two attached hydrogens (primary N) is 1. The van der Waals surface area contributed by atoms with E-state index in [0.717, 1.165) is 5.52 Å². The van der Waals surface area contributed by atoms with Crippen LogP contribution in [0.25, 0.3) is 22.3 Å². The molecule has 9 nitrogen and oxygen atoms in total. The Morgan fingerprint density at radius 3 is 2.71 bits per heavy atom. The first-order chi connectivity index (χ1) is 10.2. The smallest absolute Gasteiger partial charge is 0.200 e. The largest absolute Gasteiger partial charge is 0.369 e. The minimum atomic E-state index is 0.231. The SMILES string of the molecule is Nc1nc2nc(Sc3nc4ncncc4[nH]3)[nH]c2c(=S)[nH]1. The zero-order valence-corrected chi connectivity index (χ0v) is 11.9. The average molecular weight is 317 g/mol. The third kappa shape index (κ3) is 2.11. The zero-order chi connectivity index (χ0) is 14.4. The van der Waals surface area contributed by atoms with Gasteiger partial charge in [-0.3, -0.25) is 0 Å². The average Bonchev–Trinajstić information content (AvgIpc) is 3.01. The second kappa shape index (κ2) is 4.49. The third-order valence-corrected chi connectivity index (χ3v) is 3.77. The van der Waals surface area contributed by atoms with E-state index in [1.54, 1.807) is 6.20 Å². The van der Waals surface area contributed by atoms with Crippen LogP contribution in [0.15, 0.2) is 22.8 Å². The highest BCUT2D eigenvalue weighted by Gasteiger charge is 2.11. The van der Waals surface area contributed by atoms with Crippen LogP contribution in [-0.4, -0.2) is 39.9 Å². The first-order valence-corrected chi connectivity index (χ1v) is 7.00. The van der Waals surface area contributed by atoms with E-state index in [-0.39, 0.29) is 5.95 Å². The number of hydrogen-bond acceptors (Lipinski definition) is 8. The fraction of sp³-hybridized carbons (Fsp3) is 0. The molecule has 0 aliphatic heterocycles. The maximum absolute atomic E-state index is 5.61. The van der Waals surface area contributed by atoms with Crippen molar-refractivity contribution in [1.29, 1.82) is 0 Å². The molecular weight excluding hydrogens is 310 g/mol. The van der Waals surface area contributed by atoms with Crippen LogP contribution in [0.5, 0.6) is 0 Å². The van der Waals surface area contributed by atoms with Crippen molar-refractivity contribution in [2.45, 2.75) is 10.3 Å². The molecule has 5 N–H and O–H groups in total. The second-order valence-corrected chi connectivity index (χ2v) is 5.48. The number of nitrogen functional groups attached to an aromatic ring is 1. The monoisotopic (exact) mass is 317 g/mol. The number of rotatable bonds is 2. The summed E-state index contributed by atoms with van der Waals surface area (Å²) in [5, 5.41) is 1.25. The van der Waals surface area contributed by atoms with Gasteiger partial charge >= 0.3 is 0 Å². The molecule has 4 rings (SSSR count). The lowest BCUT2D eigenvalue weighted by Crippen LogP contribution is -1.94. The van der Waals surface area contributed by atoms with Crippen LogP contribution >= 0.6 is 24.0 Å². The predicted octanol–water partition coefficient (Wildman–Crippen LogP) is 1.42. The van der Waals surface area contributed by atoms with Crippen LogP contribution in [0.2, 0.25) is 0 Å². The fourth-order valence-electron chi connectivity index (χ4n) is 1.83. The molecule has 21 heavy (non-hydrogen) atoms. The van der Waals surface area contributed by atoms with Crippen LogP contribution in [0, 0.1) is 4.64 Å². The van der Waals surface area contributed by atoms with Crippen molar-refractivity contribution in [2.24, 2.45) is 0 Å². The third-order valence-electron chi connectivity index (χ3n) is 2.69. The Balaban J connectivity index is 1.76. The summed E-state index contributed by atoms with van der Waals surface area (Å²) in [5.74, 6) is 0.231. The van der Waals surface area contributed by atoms with Crippen LogP contribution < -0.4 is 5.73 Å². The molecule has 4 aromatic rings. The molecule has 4 aromatic heterocycles. The molecule has 4 heterocycles. The number of nitrogens with one attached hydrogen (secondary N) is 3. The fourth-order valence-corrected chi connectivity index (χ4v) is 2.84. The molecule has 0 aliphatic carbocycles. The van der Waals surface area contributed by atoms with Gasteiger partial charge in [-0.25, -0.2) is 19.9 Å². The van der Waals surface area contributed by atoms with E-state index in [9.17, 15) is 0 Å². The highest BCUT2D eigenvalue weighted by Crippen LogP contribution is 2.26. The number of aromatic amines is 3. The lowest BCUT2D eigenvalue weighted by Gasteiger charge is -1.91. The normalized spacial score (nSPS) is 11.4. The summed E-state index contributed by atoms with van der Waals surface area (Å²) in [6.07, 6.45) is 3.11. The molecule has 0 amide bonds. The van der Waals surface area contributed by atoms with Crippen molar-refractivity contribution < 1.29 is 0 Å². The molecule has 0 fully saturated rings. The van der Waals surface area contributed by atoms with Crippen LogP contribution in [0.3, 0.4) is 0 Å². The van der Waals surface area contributed by atoms with Gasteiger partial charge in [0, 0.05) is 0 Å². The van der Waals surface area contributed by atoms with Gasteiger partial charge in [-0.1, -0.05) is 12.2 Å². The van der Waals surface area contributed by atoms with E-state index >= 15 is 0 Å². The Hall–Kier alpha value is -2.53. The number of fused-ring (bicyclic) bond motifs is 2. The number of aromatic nitrogens is 8. The molecule has 104 valence electrons. The summed E-state index contributed by atoms with van der Waals surface area (Å²) in [5.41, 5.74) is 8.07. The molecule has 0 bridgehead atoms. The maximum Gasteiger partial charge on any atom is 0.200 e. The van der Waals surface area contributed by atoms with Crippen molar-refractivity contribution in [3.63, 3.8) is 0 Å². The number of imidazole rings is 2. The van der Waals surface area contributed by atoms with Gasteiger partial charge in [0.15, 0.2) is 21.6 Å². The minimum absolute atomic E-state index is 0.231. The second-order valence-electron chi connectivity index (χ2n) is 4.10. The van der Waals surface area contributed by atoms with Crippen molar-refractivity contribution in [3.05, 3.63) is 17.2 Å². The van der Waals surface area contributed by atoms with E-state index in [1.807, 2.05) is 0 Å². The number of H-pyrrole nitrogens is 3. The lowest BCUT2D eigenvalue weighted by molar-refractivity contribution is 1.03. The van der Waals surface area contributed by atoms with E-state index < -0.39 is 0 Å². The summed E-state index contributed by atoms with van der Waals surface area (Å²) in [6, 6.07) is 0. The van der Waals surface area contributed by atoms with Gasteiger partial charge in [0.2, 0.25) is 5.95 Å². The summed E-state index contributed by atoms with van der Waals surface area (Å²) in [7, 11) is 0. The summed E-state index contributed by atoms with van der Waals surface area (Å²) in [6.45, 7) is 0. The summed E-state index contributed by atoms with van der Waals surface area (Å²) in [4.78, 5) is 29.7. The van der Waals surface area contributed by atoms with Crippen LogP contribution in [0.1, 0.15) is 0 Å². The van der Waals surface area contributed by atoms with Crippen molar-refractivity contribution in [1.82, 2.24) is 39.9 Å². The zero-order valence-electron chi connectivity index (χ0n) is 10.3. The van der Waals surface area contributed by atoms with Gasteiger partial charge in [0.05, 0.1) is 6.20 Å². The molecule has 0 spiro atoms. The maximum atomic E-state index is 5.61. The molecule has 0 aliphatic rings. The van der Waals surface area contributed by atoms with Crippen molar-refractivity contribution >= 4 is 52.3 Å². The first-order valence-electron chi connectivity index (χ1n) is 5.78. The highest BCUT2D eigenvalue weighted by molar-refractivity contribution is 7.99. The number of hydrogen-bond donors (Lipinski definition) is 4. The van der Waals surface area contributed by atoms with Gasteiger partial charge in [0.1, 0.15) is 22.0 Å². The molecule has 0 radical (unpaired) electrons. The topological polar surface area (TPSA) is 138 Å². The Kier molecular flexibility index (Phi) is 2.62. The molecule has 0 aromatic carbocycles. The summed E-state index contributed by atoms with van der Waals surface area (Å²) >= 11 is 6.49. The van der Waals surface area contributed by atoms with E-state index in [1.165, 1.54) is 18.1 Å². The van der Waals surface area contributed by atoms with Gasteiger partial charge in [-0.05, 0) is 11.8 Å². The minimum Gasteiger partial charge on any atom is -0.369 e. The Bertz CT molecular complexity index is 981. The molecular formula is C10H7N9S2. The Labute approximate surface area is 125 Å². The number of anilines is 1. The van der Waals surface area contributed by atoms with Gasteiger partial charge in [0.25, 0.3) is 0 Å². The summed E-state index contributed by atoms with van der Waals surface area (Å²) < 4.78 is 0.465. The predicted molar refractivity (Wildman–Crippen MR) is 79.3 cm³/mol. The quantitative estimate of drug-likeness (QED) is 0.407. The van der Waals surface area contributed by atoms with Gasteiger partial charge in [-0.2, -0.15) is 4.98 Å². The first kappa shape index (κ1) is 12.2. The van der Waals surface area contributed by atoms with Crippen LogP contribution in [0.4, 0.5) is 5.95 Å². The molecule has 0 saturated heterocycles. The van der Waals surface area contributed by atoms with Gasteiger partial charge < -0.3 is 20.7 Å². The Morgan fingerprint density at radius 1 is 1.05 bits per heavy atom. The van der Waals surface area contributed by atoms with Crippen LogP contribution in [-0.2, 0) is 0 Å². The molecule has 11 heteroatoms. The van der Waals surface area contributed by atoms with E-state index in [4.69, 9.17) is 18.0 Å².